The molecule has 3 unspecified atom stereocenters. The van der Waals surface area contributed by atoms with E-state index in [1.807, 2.05) is 25.7 Å². The van der Waals surface area contributed by atoms with Gasteiger partial charge in [-0.2, -0.15) is 0 Å². The van der Waals surface area contributed by atoms with Gasteiger partial charge in [0.25, 0.3) is 0 Å². The number of hydrogen-bond donors (Lipinski definition) is 1. The predicted molar refractivity (Wildman–Crippen MR) is 82.8 cm³/mol. The lowest BCUT2D eigenvalue weighted by Crippen LogP contribution is -2.53. The number of nitrogens with zero attached hydrogens (tertiary/aromatic N) is 1. The molecule has 2 amide bonds. The Morgan fingerprint density at radius 1 is 1.29 bits per heavy atom. The Morgan fingerprint density at radius 2 is 1.95 bits per heavy atom. The SMILES string of the molecule is CCOCC(C(C)C)N1CCC(=O)NC(C(C)CC)C1=O. The number of carbonyl (C=O) groups is 2. The van der Waals surface area contributed by atoms with Crippen LogP contribution in [0.5, 0.6) is 0 Å². The second-order valence-electron chi connectivity index (χ2n) is 6.18. The quantitative estimate of drug-likeness (QED) is 0.780. The normalized spacial score (nSPS) is 23.0. The van der Waals surface area contributed by atoms with Crippen molar-refractivity contribution in [3.05, 3.63) is 0 Å². The molecule has 1 heterocycles. The first-order valence-electron chi connectivity index (χ1n) is 8.09. The molecular weight excluding hydrogens is 268 g/mol. The van der Waals surface area contributed by atoms with Crippen LogP contribution < -0.4 is 5.32 Å². The molecule has 0 radical (unpaired) electrons. The summed E-state index contributed by atoms with van der Waals surface area (Å²) in [6, 6.07) is -0.385. The fourth-order valence-corrected chi connectivity index (χ4v) is 2.65. The van der Waals surface area contributed by atoms with Gasteiger partial charge in [-0.3, -0.25) is 9.59 Å². The van der Waals surface area contributed by atoms with Gasteiger partial charge in [0.1, 0.15) is 6.04 Å². The zero-order valence-electron chi connectivity index (χ0n) is 14.0. The van der Waals surface area contributed by atoms with E-state index in [2.05, 4.69) is 19.2 Å². The summed E-state index contributed by atoms with van der Waals surface area (Å²) in [7, 11) is 0. The summed E-state index contributed by atoms with van der Waals surface area (Å²) in [5, 5.41) is 2.89. The van der Waals surface area contributed by atoms with Crippen LogP contribution >= 0.6 is 0 Å². The van der Waals surface area contributed by atoms with E-state index in [0.717, 1.165) is 6.42 Å². The van der Waals surface area contributed by atoms with Crippen molar-refractivity contribution in [2.45, 2.75) is 59.5 Å². The zero-order chi connectivity index (χ0) is 16.0. The maximum Gasteiger partial charge on any atom is 0.245 e. The Kier molecular flexibility index (Phi) is 7.15. The molecule has 122 valence electrons. The Balaban J connectivity index is 2.96. The molecular formula is C16H30N2O3. The van der Waals surface area contributed by atoms with Crippen LogP contribution in [0.3, 0.4) is 0 Å². The fraction of sp³-hybridized carbons (Fsp3) is 0.875. The van der Waals surface area contributed by atoms with Gasteiger partial charge in [0.05, 0.1) is 12.6 Å². The molecule has 0 aromatic carbocycles. The summed E-state index contributed by atoms with van der Waals surface area (Å²) in [5.74, 6) is 0.442. The second-order valence-corrected chi connectivity index (χ2v) is 6.18. The van der Waals surface area contributed by atoms with Crippen LogP contribution in [-0.4, -0.2) is 48.6 Å². The van der Waals surface area contributed by atoms with Crippen molar-refractivity contribution in [2.75, 3.05) is 19.8 Å². The second kappa shape index (κ2) is 8.37. The minimum atomic E-state index is -0.409. The summed E-state index contributed by atoms with van der Waals surface area (Å²) in [5.41, 5.74) is 0. The van der Waals surface area contributed by atoms with Crippen LogP contribution in [0, 0.1) is 11.8 Å². The Labute approximate surface area is 128 Å². The molecule has 5 heteroatoms. The lowest BCUT2D eigenvalue weighted by Gasteiger charge is -2.35. The third-order valence-electron chi connectivity index (χ3n) is 4.32. The van der Waals surface area contributed by atoms with Gasteiger partial charge in [0.2, 0.25) is 11.8 Å². The van der Waals surface area contributed by atoms with Crippen LogP contribution in [-0.2, 0) is 14.3 Å². The predicted octanol–water partition coefficient (Wildman–Crippen LogP) is 1.81. The van der Waals surface area contributed by atoms with Crippen molar-refractivity contribution < 1.29 is 14.3 Å². The van der Waals surface area contributed by atoms with Gasteiger partial charge >= 0.3 is 0 Å². The molecule has 0 saturated carbocycles. The van der Waals surface area contributed by atoms with E-state index in [9.17, 15) is 9.59 Å². The van der Waals surface area contributed by atoms with Gasteiger partial charge in [-0.05, 0) is 18.8 Å². The molecule has 1 saturated heterocycles. The van der Waals surface area contributed by atoms with Crippen LogP contribution in [0.15, 0.2) is 0 Å². The largest absolute Gasteiger partial charge is 0.380 e. The highest BCUT2D eigenvalue weighted by Crippen LogP contribution is 2.20. The summed E-state index contributed by atoms with van der Waals surface area (Å²) >= 11 is 0. The maximum absolute atomic E-state index is 12.9. The highest BCUT2D eigenvalue weighted by molar-refractivity contribution is 5.90. The van der Waals surface area contributed by atoms with E-state index >= 15 is 0 Å². The molecule has 1 rings (SSSR count). The smallest absolute Gasteiger partial charge is 0.245 e. The molecule has 0 spiro atoms. The molecule has 1 aliphatic rings. The van der Waals surface area contributed by atoms with E-state index in [4.69, 9.17) is 4.74 Å². The number of hydrogen-bond acceptors (Lipinski definition) is 3. The Bertz CT molecular complexity index is 357. The van der Waals surface area contributed by atoms with Crippen LogP contribution in [0.25, 0.3) is 0 Å². The molecule has 0 aromatic heterocycles. The Morgan fingerprint density at radius 3 is 2.48 bits per heavy atom. The van der Waals surface area contributed by atoms with Crippen molar-refractivity contribution >= 4 is 11.8 Å². The first-order chi connectivity index (χ1) is 9.92. The number of amides is 2. The summed E-state index contributed by atoms with van der Waals surface area (Å²) in [4.78, 5) is 26.6. The number of nitrogens with one attached hydrogen (secondary N) is 1. The molecule has 0 bridgehead atoms. The lowest BCUT2D eigenvalue weighted by atomic mass is 9.96. The summed E-state index contributed by atoms with van der Waals surface area (Å²) < 4.78 is 5.55. The zero-order valence-corrected chi connectivity index (χ0v) is 14.0. The van der Waals surface area contributed by atoms with E-state index < -0.39 is 6.04 Å². The molecule has 1 aliphatic heterocycles. The topological polar surface area (TPSA) is 58.6 Å². The molecule has 21 heavy (non-hydrogen) atoms. The molecule has 0 aliphatic carbocycles. The van der Waals surface area contributed by atoms with E-state index in [1.165, 1.54) is 0 Å². The van der Waals surface area contributed by atoms with E-state index in [-0.39, 0.29) is 23.8 Å². The van der Waals surface area contributed by atoms with Crippen molar-refractivity contribution in [3.63, 3.8) is 0 Å². The molecule has 0 aromatic rings. The van der Waals surface area contributed by atoms with E-state index in [1.54, 1.807) is 0 Å². The van der Waals surface area contributed by atoms with Gasteiger partial charge in [-0.15, -0.1) is 0 Å². The monoisotopic (exact) mass is 298 g/mol. The first kappa shape index (κ1) is 18.0. The van der Waals surface area contributed by atoms with Gasteiger partial charge in [0.15, 0.2) is 0 Å². The number of rotatable bonds is 7. The van der Waals surface area contributed by atoms with Gasteiger partial charge < -0.3 is 15.0 Å². The number of ether oxygens (including phenoxy) is 1. The summed E-state index contributed by atoms with van der Waals surface area (Å²) in [6.45, 7) is 11.8. The highest BCUT2D eigenvalue weighted by Gasteiger charge is 2.37. The summed E-state index contributed by atoms with van der Waals surface area (Å²) in [6.07, 6.45) is 1.23. The molecule has 1 fully saturated rings. The van der Waals surface area contributed by atoms with Crippen molar-refractivity contribution in [1.82, 2.24) is 10.2 Å². The number of carbonyl (C=O) groups excluding carboxylic acids is 2. The van der Waals surface area contributed by atoms with Crippen molar-refractivity contribution in [2.24, 2.45) is 11.8 Å². The van der Waals surface area contributed by atoms with Crippen LogP contribution in [0.2, 0.25) is 0 Å². The van der Waals surface area contributed by atoms with Gasteiger partial charge in [0, 0.05) is 19.6 Å². The third-order valence-corrected chi connectivity index (χ3v) is 4.32. The molecule has 3 atom stereocenters. The first-order valence-corrected chi connectivity index (χ1v) is 8.09. The minimum Gasteiger partial charge on any atom is -0.380 e. The van der Waals surface area contributed by atoms with Crippen LogP contribution in [0.1, 0.15) is 47.5 Å². The minimum absolute atomic E-state index is 0.0247. The van der Waals surface area contributed by atoms with Crippen molar-refractivity contribution in [1.29, 1.82) is 0 Å². The van der Waals surface area contributed by atoms with Gasteiger partial charge in [-0.25, -0.2) is 0 Å². The third kappa shape index (κ3) is 4.70. The lowest BCUT2D eigenvalue weighted by molar-refractivity contribution is -0.139. The highest BCUT2D eigenvalue weighted by atomic mass is 16.5. The van der Waals surface area contributed by atoms with Crippen LogP contribution in [0.4, 0.5) is 0 Å². The average Bonchev–Trinajstić information content (AvgIpc) is 2.59. The van der Waals surface area contributed by atoms with E-state index in [0.29, 0.717) is 32.1 Å². The molecule has 5 nitrogen and oxygen atoms in total. The maximum atomic E-state index is 12.9. The average molecular weight is 298 g/mol. The van der Waals surface area contributed by atoms with Gasteiger partial charge in [-0.1, -0.05) is 34.1 Å². The standard InChI is InChI=1S/C16H30N2O3/c1-6-12(5)15-16(20)18(9-8-14(19)17-15)13(11(3)4)10-21-7-2/h11-13,15H,6-10H2,1-5H3,(H,17,19). The van der Waals surface area contributed by atoms with Crippen molar-refractivity contribution in [3.8, 4) is 0 Å². The molecule has 1 N–H and O–H groups in total. The fourth-order valence-electron chi connectivity index (χ4n) is 2.65. The Hall–Kier alpha value is -1.10.